The first-order valence-corrected chi connectivity index (χ1v) is 16.6. The summed E-state index contributed by atoms with van der Waals surface area (Å²) < 4.78 is 34.7. The van der Waals surface area contributed by atoms with Gasteiger partial charge in [-0.15, -0.1) is 0 Å². The fourth-order valence-corrected chi connectivity index (χ4v) is 5.87. The SMILES string of the molecule is CCCCOC(=O)NS(=O)(=O)c1ccccc1-c1ccc(Cn2c(CCC)nc3ccc(NC(=O)NCCC)cc3c2=O)cc1. The number of hydrogen-bond donors (Lipinski definition) is 3. The molecule has 3 amide bonds. The number of carbonyl (C=O) groups excluding carboxylic acids is 2. The van der Waals surface area contributed by atoms with Gasteiger partial charge in [-0.3, -0.25) is 9.36 Å². The van der Waals surface area contributed by atoms with Crippen molar-refractivity contribution >= 4 is 38.7 Å². The second-order valence-corrected chi connectivity index (χ2v) is 12.2. The summed E-state index contributed by atoms with van der Waals surface area (Å²) >= 11 is 0. The Morgan fingerprint density at radius 1 is 0.933 bits per heavy atom. The first kappa shape index (κ1) is 33.2. The Hall–Kier alpha value is -4.71. The molecular weight excluding hydrogens is 594 g/mol. The van der Waals surface area contributed by atoms with Gasteiger partial charge in [0.25, 0.3) is 15.6 Å². The number of fused-ring (bicyclic) bond motifs is 1. The fraction of sp³-hybridized carbons (Fsp3) is 0.333. The van der Waals surface area contributed by atoms with Gasteiger partial charge in [0.2, 0.25) is 0 Å². The molecule has 0 aliphatic heterocycles. The standard InChI is InChI=1S/C33H39N5O6S/c1-4-7-20-44-33(41)37-45(42,43)29-12-9-8-11-26(29)24-15-13-23(14-16-24)22-38-30(10-5-2)36-28-18-17-25(21-27(28)31(38)39)35-32(40)34-19-6-3/h8-9,11-18,21H,4-7,10,19-20,22H2,1-3H3,(H,37,41)(H2,34,35,40). The number of urea groups is 1. The van der Waals surface area contributed by atoms with E-state index >= 15 is 0 Å². The van der Waals surface area contributed by atoms with E-state index in [1.165, 1.54) is 6.07 Å². The summed E-state index contributed by atoms with van der Waals surface area (Å²) in [6.45, 7) is 6.83. The summed E-state index contributed by atoms with van der Waals surface area (Å²) in [7, 11) is -4.20. The molecule has 0 bridgehead atoms. The van der Waals surface area contributed by atoms with Crippen molar-refractivity contribution in [2.24, 2.45) is 0 Å². The van der Waals surface area contributed by atoms with Gasteiger partial charge in [-0.1, -0.05) is 69.7 Å². The number of benzene rings is 3. The number of ether oxygens (including phenoxy) is 1. The zero-order chi connectivity index (χ0) is 32.4. The van der Waals surface area contributed by atoms with Gasteiger partial charge >= 0.3 is 12.1 Å². The molecule has 1 aromatic heterocycles. The lowest BCUT2D eigenvalue weighted by molar-refractivity contribution is 0.151. The highest BCUT2D eigenvalue weighted by Crippen LogP contribution is 2.28. The van der Waals surface area contributed by atoms with Gasteiger partial charge in [-0.05, 0) is 54.7 Å². The van der Waals surface area contributed by atoms with Crippen LogP contribution in [0.15, 0.2) is 76.4 Å². The summed E-state index contributed by atoms with van der Waals surface area (Å²) in [5.74, 6) is 0.647. The van der Waals surface area contributed by atoms with E-state index in [-0.39, 0.29) is 29.6 Å². The third kappa shape index (κ3) is 8.48. The maximum Gasteiger partial charge on any atom is 0.421 e. The van der Waals surface area contributed by atoms with Crippen molar-refractivity contribution in [3.63, 3.8) is 0 Å². The summed E-state index contributed by atoms with van der Waals surface area (Å²) in [5, 5.41) is 5.91. The molecule has 0 spiro atoms. The van der Waals surface area contributed by atoms with E-state index in [9.17, 15) is 22.8 Å². The van der Waals surface area contributed by atoms with Gasteiger partial charge in [0.05, 0.1) is 29.0 Å². The van der Waals surface area contributed by atoms with E-state index < -0.39 is 16.1 Å². The molecule has 4 aromatic rings. The van der Waals surface area contributed by atoms with Crippen molar-refractivity contribution in [1.29, 1.82) is 0 Å². The number of sulfonamides is 1. The highest BCUT2D eigenvalue weighted by molar-refractivity contribution is 7.90. The molecule has 3 N–H and O–H groups in total. The smallest absolute Gasteiger partial charge is 0.421 e. The van der Waals surface area contributed by atoms with Crippen LogP contribution in [0.1, 0.15) is 57.8 Å². The summed E-state index contributed by atoms with van der Waals surface area (Å²) in [4.78, 5) is 42.7. The normalized spacial score (nSPS) is 11.3. The second kappa shape index (κ2) is 15.3. The van der Waals surface area contributed by atoms with Crippen molar-refractivity contribution in [3.8, 4) is 11.1 Å². The maximum atomic E-state index is 13.7. The van der Waals surface area contributed by atoms with E-state index in [4.69, 9.17) is 9.72 Å². The molecule has 238 valence electrons. The maximum absolute atomic E-state index is 13.7. The van der Waals surface area contributed by atoms with Gasteiger partial charge in [0.15, 0.2) is 0 Å². The third-order valence-corrected chi connectivity index (χ3v) is 8.40. The Morgan fingerprint density at radius 2 is 1.69 bits per heavy atom. The zero-order valence-electron chi connectivity index (χ0n) is 25.8. The van der Waals surface area contributed by atoms with Gasteiger partial charge in [-0.2, -0.15) is 0 Å². The number of carbonyl (C=O) groups is 2. The quantitative estimate of drug-likeness (QED) is 0.157. The van der Waals surface area contributed by atoms with Crippen molar-refractivity contribution < 1.29 is 22.7 Å². The van der Waals surface area contributed by atoms with E-state index in [1.807, 2.05) is 37.6 Å². The van der Waals surface area contributed by atoms with Gasteiger partial charge in [0, 0.05) is 24.2 Å². The lowest BCUT2D eigenvalue weighted by Gasteiger charge is -2.15. The predicted octanol–water partition coefficient (Wildman–Crippen LogP) is 5.81. The average molecular weight is 634 g/mol. The number of nitrogens with zero attached hydrogens (tertiary/aromatic N) is 2. The highest BCUT2D eigenvalue weighted by Gasteiger charge is 2.22. The number of unbranched alkanes of at least 4 members (excludes halogenated alkanes) is 1. The van der Waals surface area contributed by atoms with Gasteiger partial charge < -0.3 is 15.4 Å². The first-order chi connectivity index (χ1) is 21.7. The molecule has 1 heterocycles. The molecular formula is C33H39N5O6S. The van der Waals surface area contributed by atoms with E-state index in [2.05, 4.69) is 10.6 Å². The van der Waals surface area contributed by atoms with Crippen LogP contribution in [-0.4, -0.2) is 43.2 Å². The lowest BCUT2D eigenvalue weighted by atomic mass is 10.0. The van der Waals surface area contributed by atoms with Crippen LogP contribution in [0.2, 0.25) is 0 Å². The topological polar surface area (TPSA) is 148 Å². The molecule has 0 radical (unpaired) electrons. The Morgan fingerprint density at radius 3 is 2.40 bits per heavy atom. The number of hydrogen-bond acceptors (Lipinski definition) is 7. The molecule has 0 atom stereocenters. The van der Waals surface area contributed by atoms with Crippen LogP contribution in [0.4, 0.5) is 15.3 Å². The van der Waals surface area contributed by atoms with Gasteiger partial charge in [0.1, 0.15) is 5.82 Å². The second-order valence-electron chi connectivity index (χ2n) is 10.6. The van der Waals surface area contributed by atoms with Crippen molar-refractivity contribution in [1.82, 2.24) is 19.6 Å². The monoisotopic (exact) mass is 633 g/mol. The first-order valence-electron chi connectivity index (χ1n) is 15.1. The van der Waals surface area contributed by atoms with E-state index in [1.54, 1.807) is 53.1 Å². The number of amides is 3. The molecule has 11 nitrogen and oxygen atoms in total. The van der Waals surface area contributed by atoms with Crippen molar-refractivity contribution in [2.75, 3.05) is 18.5 Å². The van der Waals surface area contributed by atoms with Crippen LogP contribution in [0.25, 0.3) is 22.0 Å². The number of rotatable bonds is 13. The molecule has 0 aliphatic carbocycles. The summed E-state index contributed by atoms with van der Waals surface area (Å²) in [6.07, 6.45) is 2.62. The molecule has 12 heteroatoms. The van der Waals surface area contributed by atoms with Crippen LogP contribution in [0, 0.1) is 0 Å². The number of aryl methyl sites for hydroxylation is 1. The summed E-state index contributed by atoms with van der Waals surface area (Å²) in [6, 6.07) is 18.4. The van der Waals surface area contributed by atoms with Crippen molar-refractivity contribution in [2.45, 2.75) is 64.3 Å². The number of anilines is 1. The molecule has 0 unspecified atom stereocenters. The molecule has 0 saturated carbocycles. The fourth-order valence-electron chi connectivity index (χ4n) is 4.75. The Labute approximate surface area is 263 Å². The minimum absolute atomic E-state index is 0.0573. The Bertz CT molecular complexity index is 1820. The number of aromatic nitrogens is 2. The molecule has 3 aromatic carbocycles. The largest absolute Gasteiger partial charge is 0.449 e. The minimum Gasteiger partial charge on any atom is -0.449 e. The van der Waals surface area contributed by atoms with Crippen LogP contribution >= 0.6 is 0 Å². The molecule has 45 heavy (non-hydrogen) atoms. The van der Waals surface area contributed by atoms with Crippen molar-refractivity contribution in [3.05, 3.63) is 88.5 Å². The Kier molecular flexibility index (Phi) is 11.3. The number of nitrogens with one attached hydrogen (secondary N) is 3. The average Bonchev–Trinajstić information content (AvgIpc) is 3.02. The lowest BCUT2D eigenvalue weighted by Crippen LogP contribution is -2.31. The van der Waals surface area contributed by atoms with E-state index in [0.29, 0.717) is 52.9 Å². The van der Waals surface area contributed by atoms with Gasteiger partial charge in [-0.25, -0.2) is 27.7 Å². The van der Waals surface area contributed by atoms with Crippen LogP contribution in [-0.2, 0) is 27.7 Å². The zero-order valence-corrected chi connectivity index (χ0v) is 26.6. The van der Waals surface area contributed by atoms with E-state index in [0.717, 1.165) is 24.8 Å². The minimum atomic E-state index is -4.20. The molecule has 0 fully saturated rings. The van der Waals surface area contributed by atoms with Crippen LogP contribution in [0.3, 0.4) is 0 Å². The van der Waals surface area contributed by atoms with Crippen LogP contribution in [0.5, 0.6) is 0 Å². The molecule has 4 rings (SSSR count). The van der Waals surface area contributed by atoms with Crippen LogP contribution < -0.4 is 20.9 Å². The third-order valence-electron chi connectivity index (χ3n) is 7.03. The molecule has 0 aliphatic rings. The predicted molar refractivity (Wildman–Crippen MR) is 175 cm³/mol. The molecule has 0 saturated heterocycles. The highest BCUT2D eigenvalue weighted by atomic mass is 32.2. The summed E-state index contributed by atoms with van der Waals surface area (Å²) in [5.41, 5.74) is 2.66. The Balaban J connectivity index is 1.61.